The molecule has 0 amide bonds. The minimum atomic E-state index is -0.744. The number of nitrogens with one attached hydrogen (secondary N) is 2. The molecular formula is C14H22N4O4. The molecule has 0 aliphatic carbocycles. The fourth-order valence-electron chi connectivity index (χ4n) is 3.18. The molecule has 2 saturated heterocycles. The van der Waals surface area contributed by atoms with Gasteiger partial charge in [-0.05, 0) is 6.42 Å². The van der Waals surface area contributed by atoms with Crippen LogP contribution in [-0.4, -0.2) is 76.4 Å². The van der Waals surface area contributed by atoms with Crippen LogP contribution in [-0.2, 0) is 11.3 Å². The molecule has 0 aromatic carbocycles. The molecule has 3 rings (SSSR count). The number of nitrogens with zero attached hydrogens (tertiary/aromatic N) is 2. The molecule has 22 heavy (non-hydrogen) atoms. The van der Waals surface area contributed by atoms with Crippen molar-refractivity contribution in [2.75, 3.05) is 45.9 Å². The fourth-order valence-corrected chi connectivity index (χ4v) is 3.18. The predicted molar refractivity (Wildman–Crippen MR) is 79.8 cm³/mol. The summed E-state index contributed by atoms with van der Waals surface area (Å²) in [5.74, 6) is 0. The summed E-state index contributed by atoms with van der Waals surface area (Å²) >= 11 is 0. The van der Waals surface area contributed by atoms with Gasteiger partial charge in [0.05, 0.1) is 18.8 Å². The monoisotopic (exact) mass is 310 g/mol. The van der Waals surface area contributed by atoms with Crippen LogP contribution < -0.4 is 11.2 Å². The molecule has 0 spiro atoms. The number of rotatable bonds is 4. The van der Waals surface area contributed by atoms with Crippen LogP contribution in [0.5, 0.6) is 0 Å². The summed E-state index contributed by atoms with van der Waals surface area (Å²) in [5, 5.41) is 10.7. The molecule has 8 nitrogen and oxygen atoms in total. The Hall–Kier alpha value is -1.48. The molecule has 2 aliphatic rings. The molecule has 1 aromatic heterocycles. The number of aliphatic hydroxyl groups is 1. The minimum absolute atomic E-state index is 0.368. The van der Waals surface area contributed by atoms with E-state index in [1.165, 1.54) is 6.20 Å². The SMILES string of the molecule is O=c1[nH]cc(CN2CC[C@@](O)(CN3CCOCC3)C2)c(=O)[nH]1. The Morgan fingerprint density at radius 2 is 2.00 bits per heavy atom. The summed E-state index contributed by atoms with van der Waals surface area (Å²) < 4.78 is 5.32. The Kier molecular flexibility index (Phi) is 4.44. The first-order valence-electron chi connectivity index (χ1n) is 7.60. The van der Waals surface area contributed by atoms with Crippen molar-refractivity contribution >= 4 is 0 Å². The molecule has 122 valence electrons. The van der Waals surface area contributed by atoms with Gasteiger partial charge in [0.25, 0.3) is 5.56 Å². The van der Waals surface area contributed by atoms with Gasteiger partial charge in [-0.3, -0.25) is 19.6 Å². The highest BCUT2D eigenvalue weighted by atomic mass is 16.5. The lowest BCUT2D eigenvalue weighted by Gasteiger charge is -2.33. The lowest BCUT2D eigenvalue weighted by Crippen LogP contribution is -2.48. The van der Waals surface area contributed by atoms with Crippen molar-refractivity contribution in [2.24, 2.45) is 0 Å². The zero-order valence-corrected chi connectivity index (χ0v) is 12.5. The van der Waals surface area contributed by atoms with Gasteiger partial charge in [-0.1, -0.05) is 0 Å². The standard InChI is InChI=1S/C14H22N4O4/c19-12-11(7-15-13(20)16-12)8-18-2-1-14(21,10-18)9-17-3-5-22-6-4-17/h7,21H,1-6,8-10H2,(H2,15,16,19,20)/t14-/m1/s1. The zero-order chi connectivity index (χ0) is 15.6. The Bertz CT molecular complexity index is 622. The van der Waals surface area contributed by atoms with Gasteiger partial charge in [0, 0.05) is 51.0 Å². The van der Waals surface area contributed by atoms with E-state index in [1.54, 1.807) is 0 Å². The smallest absolute Gasteiger partial charge is 0.325 e. The van der Waals surface area contributed by atoms with E-state index in [0.29, 0.717) is 44.8 Å². The highest BCUT2D eigenvalue weighted by Crippen LogP contribution is 2.23. The number of hydrogen-bond donors (Lipinski definition) is 3. The highest BCUT2D eigenvalue weighted by Gasteiger charge is 2.37. The van der Waals surface area contributed by atoms with E-state index in [1.807, 2.05) is 4.90 Å². The van der Waals surface area contributed by atoms with Crippen LogP contribution in [0.15, 0.2) is 15.8 Å². The van der Waals surface area contributed by atoms with Crippen LogP contribution in [0.4, 0.5) is 0 Å². The quantitative estimate of drug-likeness (QED) is 0.615. The zero-order valence-electron chi connectivity index (χ0n) is 12.5. The summed E-state index contributed by atoms with van der Waals surface area (Å²) in [6.45, 7) is 5.46. The number of hydrogen-bond acceptors (Lipinski definition) is 6. The molecule has 0 bridgehead atoms. The van der Waals surface area contributed by atoms with Gasteiger partial charge < -0.3 is 14.8 Å². The second kappa shape index (κ2) is 6.33. The summed E-state index contributed by atoms with van der Waals surface area (Å²) in [6, 6.07) is 0. The fraction of sp³-hybridized carbons (Fsp3) is 0.714. The molecule has 3 N–H and O–H groups in total. The third kappa shape index (κ3) is 3.64. The second-order valence-corrected chi connectivity index (χ2v) is 6.17. The van der Waals surface area contributed by atoms with Crippen molar-refractivity contribution in [3.05, 3.63) is 32.6 Å². The molecule has 0 unspecified atom stereocenters. The maximum absolute atomic E-state index is 11.7. The average Bonchev–Trinajstić information content (AvgIpc) is 2.84. The van der Waals surface area contributed by atoms with Crippen molar-refractivity contribution < 1.29 is 9.84 Å². The number of ether oxygens (including phenoxy) is 1. The topological polar surface area (TPSA) is 102 Å². The molecule has 0 radical (unpaired) electrons. The van der Waals surface area contributed by atoms with E-state index >= 15 is 0 Å². The highest BCUT2D eigenvalue weighted by molar-refractivity contribution is 5.05. The van der Waals surface area contributed by atoms with Crippen LogP contribution in [0, 0.1) is 0 Å². The third-order valence-electron chi connectivity index (χ3n) is 4.32. The van der Waals surface area contributed by atoms with Crippen molar-refractivity contribution in [3.8, 4) is 0 Å². The second-order valence-electron chi connectivity index (χ2n) is 6.17. The summed E-state index contributed by atoms with van der Waals surface area (Å²) in [7, 11) is 0. The largest absolute Gasteiger partial charge is 0.387 e. The van der Waals surface area contributed by atoms with E-state index in [9.17, 15) is 14.7 Å². The number of aromatic nitrogens is 2. The normalized spacial score (nSPS) is 27.3. The van der Waals surface area contributed by atoms with Gasteiger partial charge in [-0.15, -0.1) is 0 Å². The first kappa shape index (κ1) is 15.4. The maximum atomic E-state index is 11.7. The van der Waals surface area contributed by atoms with E-state index in [2.05, 4.69) is 14.9 Å². The maximum Gasteiger partial charge on any atom is 0.325 e. The predicted octanol–water partition coefficient (Wildman–Crippen LogP) is -1.67. The van der Waals surface area contributed by atoms with Gasteiger partial charge >= 0.3 is 5.69 Å². The molecule has 0 saturated carbocycles. The van der Waals surface area contributed by atoms with E-state index in [0.717, 1.165) is 19.6 Å². The lowest BCUT2D eigenvalue weighted by molar-refractivity contribution is -0.0267. The molecule has 8 heteroatoms. The van der Waals surface area contributed by atoms with E-state index in [4.69, 9.17) is 4.74 Å². The van der Waals surface area contributed by atoms with Gasteiger partial charge in [-0.25, -0.2) is 4.79 Å². The van der Waals surface area contributed by atoms with Crippen molar-refractivity contribution in [3.63, 3.8) is 0 Å². The van der Waals surface area contributed by atoms with Crippen LogP contribution in [0.2, 0.25) is 0 Å². The average molecular weight is 310 g/mol. The molecular weight excluding hydrogens is 288 g/mol. The first-order valence-corrected chi connectivity index (χ1v) is 7.60. The Morgan fingerprint density at radius 3 is 2.73 bits per heavy atom. The Balaban J connectivity index is 1.59. The molecule has 2 aliphatic heterocycles. The van der Waals surface area contributed by atoms with Crippen molar-refractivity contribution in [2.45, 2.75) is 18.6 Å². The van der Waals surface area contributed by atoms with E-state index in [-0.39, 0.29) is 5.56 Å². The summed E-state index contributed by atoms with van der Waals surface area (Å²) in [5.41, 5.74) is -1.10. The molecule has 1 aromatic rings. The van der Waals surface area contributed by atoms with Gasteiger partial charge in [-0.2, -0.15) is 0 Å². The van der Waals surface area contributed by atoms with Crippen molar-refractivity contribution in [1.82, 2.24) is 19.8 Å². The Labute approximate surface area is 127 Å². The number of morpholine rings is 1. The Morgan fingerprint density at radius 1 is 1.23 bits per heavy atom. The van der Waals surface area contributed by atoms with Gasteiger partial charge in [0.1, 0.15) is 0 Å². The van der Waals surface area contributed by atoms with Crippen LogP contribution >= 0.6 is 0 Å². The number of aromatic amines is 2. The van der Waals surface area contributed by atoms with Gasteiger partial charge in [0.15, 0.2) is 0 Å². The summed E-state index contributed by atoms with van der Waals surface area (Å²) in [6.07, 6.45) is 2.13. The minimum Gasteiger partial charge on any atom is -0.387 e. The number of H-pyrrole nitrogens is 2. The first-order chi connectivity index (χ1) is 10.5. The molecule has 1 atom stereocenters. The molecule has 3 heterocycles. The third-order valence-corrected chi connectivity index (χ3v) is 4.32. The summed E-state index contributed by atoms with van der Waals surface area (Å²) in [4.78, 5) is 31.7. The van der Waals surface area contributed by atoms with E-state index < -0.39 is 11.3 Å². The molecule has 2 fully saturated rings. The lowest BCUT2D eigenvalue weighted by atomic mass is 10.0. The van der Waals surface area contributed by atoms with Crippen LogP contribution in [0.25, 0.3) is 0 Å². The number of likely N-dealkylation sites (tertiary alicyclic amines) is 1. The van der Waals surface area contributed by atoms with Crippen molar-refractivity contribution in [1.29, 1.82) is 0 Å². The van der Waals surface area contributed by atoms with Crippen LogP contribution in [0.3, 0.4) is 0 Å². The number of β-amino-alcohol motifs (C(OH)–C–C–N with tert-alkyl or cyclic N) is 1. The van der Waals surface area contributed by atoms with Crippen LogP contribution in [0.1, 0.15) is 12.0 Å². The van der Waals surface area contributed by atoms with Gasteiger partial charge in [0.2, 0.25) is 0 Å².